The first-order chi connectivity index (χ1) is 24.5. The molecule has 0 spiro atoms. The molecule has 4 aliphatic heterocycles. The van der Waals surface area contributed by atoms with Gasteiger partial charge in [-0.05, 0) is 64.0 Å². The van der Waals surface area contributed by atoms with Crippen LogP contribution < -0.4 is 0 Å². The van der Waals surface area contributed by atoms with Crippen LogP contribution in [0.3, 0.4) is 0 Å². The summed E-state index contributed by atoms with van der Waals surface area (Å²) >= 11 is 0. The predicted molar refractivity (Wildman–Crippen MR) is 142 cm³/mol. The lowest BCUT2D eigenvalue weighted by Gasteiger charge is -2.67. The van der Waals surface area contributed by atoms with Crippen molar-refractivity contribution in [1.29, 1.82) is 0 Å². The van der Waals surface area contributed by atoms with E-state index in [2.05, 4.69) is 0 Å². The molecule has 0 N–H and O–H groups in total. The molecule has 0 aromatic carbocycles. The van der Waals surface area contributed by atoms with Gasteiger partial charge < -0.3 is 9.47 Å². The largest absolute Gasteiger partial charge is 0.372 e. The van der Waals surface area contributed by atoms with E-state index in [1.54, 1.807) is 0 Å². The molecule has 208 valence electrons. The third-order valence-electron chi connectivity index (χ3n) is 10.8. The molecule has 6 heteroatoms. The third-order valence-corrected chi connectivity index (χ3v) is 10.8. The summed E-state index contributed by atoms with van der Waals surface area (Å²) in [5.41, 5.74) is 0. The number of ether oxygens (including phenoxy) is 2. The molecule has 0 bridgehead atoms. The number of piperidine rings is 2. The highest BCUT2D eigenvalue weighted by Crippen LogP contribution is 2.55. The number of carbonyl (C=O) groups is 2. The van der Waals surface area contributed by atoms with Crippen LogP contribution in [0.4, 0.5) is 0 Å². The van der Waals surface area contributed by atoms with E-state index in [9.17, 15) is 12.3 Å². The minimum Gasteiger partial charge on any atom is -0.372 e. The SMILES string of the molecule is [2H]C1C([2H])C([2H])C2C(OC3C([2H])C([2H])C([2H])C4C(=O)C5CC6C(=O)C7C([2H])C([2H])C([2H])C8OC9C([2H])C([2H])C([2H])C([2H])C9N(C6CC5N2C34)C87)C1[2H]. The standard InChI is InChI=1S/C32H46N2O4/c35-31-17-7-5-13-27-29(17)33(21-9-1-3-11-25(21)37-27)23-16-24-20(15-19(23)31)32(36)18-8-6-14-28-30(18)34(24)22-10-2-4-12-26(22)38-28/h17-30H,1-16H2/i1D,2D,3D,4D,5D,6D,7D,8D,9D,10D,11D,12D,13D,14D. The number of fused-ring (bicyclic) bond motifs is 8. The highest BCUT2D eigenvalue weighted by Gasteiger charge is 2.65. The van der Waals surface area contributed by atoms with E-state index in [1.807, 2.05) is 9.80 Å². The van der Waals surface area contributed by atoms with Gasteiger partial charge in [0.25, 0.3) is 0 Å². The van der Waals surface area contributed by atoms with Gasteiger partial charge in [0.1, 0.15) is 11.6 Å². The first-order valence-electron chi connectivity index (χ1n) is 22.4. The van der Waals surface area contributed by atoms with Gasteiger partial charge in [-0.1, -0.05) is 38.4 Å². The molecule has 5 aliphatic carbocycles. The van der Waals surface area contributed by atoms with E-state index in [4.69, 9.17) is 25.9 Å². The fourth-order valence-corrected chi connectivity index (χ4v) is 9.45. The summed E-state index contributed by atoms with van der Waals surface area (Å²) in [7, 11) is 0. The van der Waals surface area contributed by atoms with E-state index in [0.717, 1.165) is 0 Å². The van der Waals surface area contributed by atoms with Crippen molar-refractivity contribution in [2.24, 2.45) is 23.7 Å². The summed E-state index contributed by atoms with van der Waals surface area (Å²) in [4.78, 5) is 33.3. The highest BCUT2D eigenvalue weighted by molar-refractivity contribution is 5.90. The van der Waals surface area contributed by atoms with Crippen LogP contribution in [0.5, 0.6) is 0 Å². The third kappa shape index (κ3) is 3.21. The number of nitrogens with zero attached hydrogens (tertiary/aromatic N) is 2. The van der Waals surface area contributed by atoms with Gasteiger partial charge in [-0.25, -0.2) is 0 Å². The molecule has 28 atom stereocenters. The predicted octanol–water partition coefficient (Wildman–Crippen LogP) is 4.28. The van der Waals surface area contributed by atoms with Gasteiger partial charge in [-0.3, -0.25) is 19.4 Å². The Bertz CT molecular complexity index is 1390. The van der Waals surface area contributed by atoms with E-state index in [1.165, 1.54) is 0 Å². The Labute approximate surface area is 247 Å². The summed E-state index contributed by atoms with van der Waals surface area (Å²) in [6.45, 7) is 0. The lowest BCUT2D eigenvalue weighted by Crippen LogP contribution is -2.78. The molecule has 9 rings (SSSR count). The second kappa shape index (κ2) is 8.84. The number of hydrogen-bond acceptors (Lipinski definition) is 6. The zero-order valence-corrected chi connectivity index (χ0v) is 21.1. The van der Waals surface area contributed by atoms with E-state index >= 15 is 0 Å². The summed E-state index contributed by atoms with van der Waals surface area (Å²) in [6, 6.07) is -5.16. The van der Waals surface area contributed by atoms with Crippen molar-refractivity contribution >= 4 is 11.6 Å². The summed E-state index contributed by atoms with van der Waals surface area (Å²) < 4.78 is 137. The molecule has 0 aromatic rings. The minimum absolute atomic E-state index is 0.0195. The molecule has 28 unspecified atom stereocenters. The maximum absolute atomic E-state index is 14.7. The monoisotopic (exact) mass is 536 g/mol. The molecular weight excluding hydrogens is 476 g/mol. The van der Waals surface area contributed by atoms with E-state index in [-0.39, 0.29) is 24.4 Å². The van der Waals surface area contributed by atoms with Gasteiger partial charge in [0.15, 0.2) is 0 Å². The smallest absolute Gasteiger partial charge is 0.142 e. The van der Waals surface area contributed by atoms with Crippen LogP contribution in [0.15, 0.2) is 0 Å². The maximum atomic E-state index is 14.7. The second-order valence-electron chi connectivity index (χ2n) is 12.4. The summed E-state index contributed by atoms with van der Waals surface area (Å²) in [5, 5.41) is 0. The first kappa shape index (κ1) is 13.9. The molecule has 38 heavy (non-hydrogen) atoms. The molecular formula is C32H46N2O4. The van der Waals surface area contributed by atoms with Crippen LogP contribution in [0.25, 0.3) is 0 Å². The average molecular weight is 537 g/mol. The fourth-order valence-electron chi connectivity index (χ4n) is 9.45. The normalized spacial score (nSPS) is 88.4. The molecule has 6 nitrogen and oxygen atoms in total. The minimum atomic E-state index is -1.31. The number of morpholine rings is 2. The Hall–Kier alpha value is -0.820. The number of carbonyl (C=O) groups excluding carboxylic acids is 2. The zero-order valence-electron chi connectivity index (χ0n) is 35.1. The van der Waals surface area contributed by atoms with Crippen LogP contribution in [0, 0.1) is 23.7 Å². The van der Waals surface area contributed by atoms with Crippen LogP contribution in [0.1, 0.15) is 122 Å². The van der Waals surface area contributed by atoms with Crippen LogP contribution in [-0.4, -0.2) is 82.0 Å². The molecule has 9 aliphatic rings. The average Bonchev–Trinajstić information content (AvgIpc) is 3.13. The quantitative estimate of drug-likeness (QED) is 0.461. The molecule has 0 aromatic heterocycles. The van der Waals surface area contributed by atoms with Crippen molar-refractivity contribution in [3.63, 3.8) is 0 Å². The van der Waals surface area contributed by atoms with E-state index in [0.29, 0.717) is 0 Å². The number of ketones is 2. The number of Topliss-reactive ketones (excluding diaryl/α,β-unsaturated/α-hetero) is 2. The molecule has 0 radical (unpaired) electrons. The maximum Gasteiger partial charge on any atom is 0.142 e. The number of rotatable bonds is 0. The van der Waals surface area contributed by atoms with Crippen molar-refractivity contribution < 1.29 is 38.3 Å². The van der Waals surface area contributed by atoms with Gasteiger partial charge in [-0.15, -0.1) is 0 Å². The molecule has 9 fully saturated rings. The van der Waals surface area contributed by atoms with E-state index < -0.39 is 174 Å². The second-order valence-corrected chi connectivity index (χ2v) is 12.4. The highest BCUT2D eigenvalue weighted by atomic mass is 16.5. The van der Waals surface area contributed by atoms with Crippen LogP contribution >= 0.6 is 0 Å². The molecule has 4 saturated heterocycles. The molecule has 0 amide bonds. The summed E-state index contributed by atoms with van der Waals surface area (Å²) in [5.74, 6) is -4.61. The van der Waals surface area contributed by atoms with Crippen molar-refractivity contribution in [2.45, 2.75) is 163 Å². The zero-order chi connectivity index (χ0) is 37.3. The number of hydrogen-bond donors (Lipinski definition) is 0. The van der Waals surface area contributed by atoms with Crippen molar-refractivity contribution in [1.82, 2.24) is 9.80 Å². The Balaban J connectivity index is 1.19. The van der Waals surface area contributed by atoms with Crippen molar-refractivity contribution in [3.8, 4) is 0 Å². The lowest BCUT2D eigenvalue weighted by molar-refractivity contribution is -0.243. The summed E-state index contributed by atoms with van der Waals surface area (Å²) in [6.07, 6.45) is -22.0. The van der Waals surface area contributed by atoms with Gasteiger partial charge in [0.2, 0.25) is 0 Å². The Kier molecular flexibility index (Phi) is 3.23. The van der Waals surface area contributed by atoms with Crippen molar-refractivity contribution in [2.75, 3.05) is 0 Å². The fraction of sp³-hybridized carbons (Fsp3) is 0.938. The van der Waals surface area contributed by atoms with Crippen LogP contribution in [0.2, 0.25) is 0 Å². The molecule has 5 saturated carbocycles. The Morgan fingerprint density at radius 1 is 0.500 bits per heavy atom. The van der Waals surface area contributed by atoms with Gasteiger partial charge in [-0.2, -0.15) is 0 Å². The van der Waals surface area contributed by atoms with Crippen molar-refractivity contribution in [3.05, 3.63) is 0 Å². The topological polar surface area (TPSA) is 59.1 Å². The van der Waals surface area contributed by atoms with Gasteiger partial charge in [0.05, 0.1) is 24.4 Å². The van der Waals surface area contributed by atoms with Gasteiger partial charge >= 0.3 is 0 Å². The Morgan fingerprint density at radius 3 is 1.45 bits per heavy atom. The van der Waals surface area contributed by atoms with Gasteiger partial charge in [0, 0.05) is 79.1 Å². The van der Waals surface area contributed by atoms with Crippen LogP contribution in [-0.2, 0) is 19.1 Å². The lowest BCUT2D eigenvalue weighted by atomic mass is 9.57. The first-order valence-corrected chi connectivity index (χ1v) is 14.4. The molecule has 4 heterocycles. The Morgan fingerprint density at radius 2 is 0.947 bits per heavy atom.